The first kappa shape index (κ1) is 41.3. The van der Waals surface area contributed by atoms with Crippen LogP contribution < -0.4 is 88.4 Å². The molecule has 0 amide bonds. The van der Waals surface area contributed by atoms with Crippen molar-refractivity contribution in [1.82, 2.24) is 20.6 Å². The number of halogens is 4. The highest BCUT2D eigenvalue weighted by molar-refractivity contribution is 5.86. The first-order chi connectivity index (χ1) is 20.9. The van der Waals surface area contributed by atoms with Crippen LogP contribution in [0.25, 0.3) is 0 Å². The number of aromatic nitrogens is 2. The van der Waals surface area contributed by atoms with Crippen LogP contribution in [0.4, 0.5) is 11.8 Å². The second kappa shape index (κ2) is 17.4. The molecule has 6 aliphatic rings. The van der Waals surface area contributed by atoms with Crippen LogP contribution in [-0.2, 0) is 0 Å². The van der Waals surface area contributed by atoms with E-state index in [1.165, 1.54) is 109 Å². The number of aldehydes is 1. The van der Waals surface area contributed by atoms with Gasteiger partial charge in [-0.15, -0.1) is 0 Å². The van der Waals surface area contributed by atoms with E-state index in [1.54, 1.807) is 0 Å². The van der Waals surface area contributed by atoms with Crippen molar-refractivity contribution in [3.05, 3.63) is 5.56 Å². The molecule has 0 aromatic carbocycles. The molecule has 47 heavy (non-hydrogen) atoms. The predicted molar refractivity (Wildman–Crippen MR) is 167 cm³/mol. The van der Waals surface area contributed by atoms with Crippen molar-refractivity contribution in [2.24, 2.45) is 0 Å². The number of hydrogen-bond donors (Lipinski definition) is 3. The molecule has 6 fully saturated rings. The van der Waals surface area contributed by atoms with E-state index in [0.29, 0.717) is 11.8 Å². The highest BCUT2D eigenvalue weighted by atomic mass is 79.9. The van der Waals surface area contributed by atoms with Crippen LogP contribution in [-0.4, -0.2) is 196 Å². The van der Waals surface area contributed by atoms with E-state index in [4.69, 9.17) is 4.98 Å². The Morgan fingerprint density at radius 1 is 0.532 bits per heavy atom. The van der Waals surface area contributed by atoms with Gasteiger partial charge in [0.15, 0.2) is 6.29 Å². The fourth-order valence-corrected chi connectivity index (χ4v) is 9.42. The fourth-order valence-electron chi connectivity index (χ4n) is 9.42. The quantitative estimate of drug-likeness (QED) is 0.204. The molecule has 1 aromatic rings. The third-order valence-corrected chi connectivity index (χ3v) is 12.6. The maximum Gasteiger partial charge on any atom is 0.231 e. The van der Waals surface area contributed by atoms with Gasteiger partial charge in [-0.05, 0) is 0 Å². The smallest absolute Gasteiger partial charge is 0.231 e. The number of anilines is 2. The Balaban J connectivity index is 0.00000150. The Morgan fingerprint density at radius 3 is 1.32 bits per heavy atom. The summed E-state index contributed by atoms with van der Waals surface area (Å²) in [6, 6.07) is 0. The van der Waals surface area contributed by atoms with Crippen LogP contribution >= 0.6 is 0 Å². The van der Waals surface area contributed by atoms with E-state index in [9.17, 15) is 9.90 Å². The van der Waals surface area contributed by atoms with Gasteiger partial charge in [-0.1, -0.05) is 0 Å². The summed E-state index contributed by atoms with van der Waals surface area (Å²) in [6.07, 6.45) is 3.35. The Hall–Kier alpha value is -0.170. The summed E-state index contributed by atoms with van der Waals surface area (Å²) in [5.74, 6) is 1.05. The monoisotopic (exact) mass is 916 g/mol. The van der Waals surface area contributed by atoms with Crippen LogP contribution in [0.15, 0.2) is 0 Å². The summed E-state index contributed by atoms with van der Waals surface area (Å²) in [5.41, 5.74) is 0.247. The molecule has 0 unspecified atom stereocenters. The molecule has 4 spiro atoms. The number of nitrogens with one attached hydrogen (secondary N) is 2. The normalized spacial score (nSPS) is 26.1. The molecule has 0 radical (unpaired) electrons. The third kappa shape index (κ3) is 8.83. The lowest BCUT2D eigenvalue weighted by atomic mass is 10.2. The summed E-state index contributed by atoms with van der Waals surface area (Å²) in [7, 11) is 0. The van der Waals surface area contributed by atoms with E-state index in [1.807, 2.05) is 0 Å². The van der Waals surface area contributed by atoms with Gasteiger partial charge in [0.05, 0.1) is 105 Å². The largest absolute Gasteiger partial charge is 1.00 e. The lowest BCUT2D eigenvalue weighted by molar-refractivity contribution is -0.964. The zero-order valence-electron chi connectivity index (χ0n) is 27.9. The van der Waals surface area contributed by atoms with E-state index in [2.05, 4.69) is 25.4 Å². The second-order valence-corrected chi connectivity index (χ2v) is 14.8. The Morgan fingerprint density at radius 2 is 0.915 bits per heavy atom. The SMILES string of the molecule is O=Cc1c(O)nc(N2CC[N+]3(CCC[N+]4(CCNCC4)CC3)CC2)nc1N1CC[N+]2(CCC[N+]3(CCNCC3)CC2)CC1.[Br-].[Br-].[Br-].[Br-]. The van der Waals surface area contributed by atoms with Crippen molar-refractivity contribution in [2.75, 3.05) is 167 Å². The highest BCUT2D eigenvalue weighted by Crippen LogP contribution is 2.31. The van der Waals surface area contributed by atoms with Crippen molar-refractivity contribution < 1.29 is 95.8 Å². The topological polar surface area (TPSA) is 93.6 Å². The standard InChI is InChI=1S/C31H55N10O2.4BrH/c42-27-28-29(36-7-19-40(20-8-36)13-1-11-38(23-25-40)15-3-32-4-16-38)34-31(35-30(28)43)37-9-21-41(22-10-37)14-2-12-39(24-26-41)17-5-33-6-18-39;;;;/h27,32-33H,1-26H2;4*1H/q+3;;;;/p-3. The summed E-state index contributed by atoms with van der Waals surface area (Å²) in [4.78, 5) is 26.1. The molecule has 1 aromatic heterocycles. The highest BCUT2D eigenvalue weighted by Gasteiger charge is 2.43. The second-order valence-electron chi connectivity index (χ2n) is 14.8. The number of carbonyl (C=O) groups excluding carboxylic acids is 1. The van der Waals surface area contributed by atoms with Gasteiger partial charge < -0.3 is 111 Å². The lowest BCUT2D eigenvalue weighted by Crippen LogP contribution is -3.00. The number of rotatable bonds is 3. The minimum atomic E-state index is -0.168. The zero-order valence-corrected chi connectivity index (χ0v) is 34.3. The van der Waals surface area contributed by atoms with E-state index in [0.717, 1.165) is 84.8 Å². The van der Waals surface area contributed by atoms with E-state index in [-0.39, 0.29) is 79.4 Å². The van der Waals surface area contributed by atoms with Gasteiger partial charge in [-0.3, -0.25) is 4.79 Å². The maximum atomic E-state index is 12.2. The molecule has 0 bridgehead atoms. The Labute approximate surface area is 323 Å². The van der Waals surface area contributed by atoms with Gasteiger partial charge in [-0.2, -0.15) is 9.97 Å². The summed E-state index contributed by atoms with van der Waals surface area (Å²) in [5, 5.41) is 18.0. The van der Waals surface area contributed by atoms with E-state index < -0.39 is 0 Å². The third-order valence-electron chi connectivity index (χ3n) is 12.6. The van der Waals surface area contributed by atoms with Gasteiger partial charge in [0, 0.05) is 39.0 Å². The lowest BCUT2D eigenvalue weighted by Gasteiger charge is -2.46. The number of aromatic hydroxyl groups is 1. The van der Waals surface area contributed by atoms with Crippen molar-refractivity contribution in [1.29, 1.82) is 0 Å². The summed E-state index contributed by atoms with van der Waals surface area (Å²) in [6.45, 7) is 27.9. The molecule has 3 N–H and O–H groups in total. The minimum Gasteiger partial charge on any atom is -1.00 e. The molecular formula is C31H56Br4N10O2. The first-order valence-electron chi connectivity index (χ1n) is 17.3. The van der Waals surface area contributed by atoms with Gasteiger partial charge in [0.1, 0.15) is 37.6 Å². The summed E-state index contributed by atoms with van der Waals surface area (Å²) >= 11 is 0. The zero-order chi connectivity index (χ0) is 29.4. The number of hydrogen-bond acceptors (Lipinski definition) is 8. The average molecular weight is 920 g/mol. The van der Waals surface area contributed by atoms with Crippen LogP contribution in [0, 0.1) is 0 Å². The van der Waals surface area contributed by atoms with E-state index >= 15 is 0 Å². The van der Waals surface area contributed by atoms with Crippen molar-refractivity contribution in [3.8, 4) is 5.88 Å². The van der Waals surface area contributed by atoms with Crippen molar-refractivity contribution >= 4 is 18.1 Å². The predicted octanol–water partition coefficient (Wildman–Crippen LogP) is -13.1. The van der Waals surface area contributed by atoms with Crippen LogP contribution in [0.3, 0.4) is 0 Å². The fraction of sp³-hybridized carbons (Fsp3) is 0.839. The molecule has 6 aliphatic heterocycles. The van der Waals surface area contributed by atoms with Crippen LogP contribution in [0.1, 0.15) is 23.2 Å². The van der Waals surface area contributed by atoms with Crippen LogP contribution in [0.2, 0.25) is 0 Å². The number of nitrogens with zero attached hydrogens (tertiary/aromatic N) is 8. The molecule has 7 heterocycles. The van der Waals surface area contributed by atoms with Crippen molar-refractivity contribution in [2.45, 2.75) is 12.8 Å². The molecular weight excluding hydrogens is 864 g/mol. The average Bonchev–Trinajstić information content (AvgIpc) is 3.31. The molecule has 0 saturated carbocycles. The number of carbonyl (C=O) groups is 1. The van der Waals surface area contributed by atoms with Gasteiger partial charge >= 0.3 is 0 Å². The molecule has 270 valence electrons. The number of quaternary nitrogens is 4. The maximum absolute atomic E-state index is 12.2. The Kier molecular flexibility index (Phi) is 15.2. The molecule has 0 atom stereocenters. The Bertz CT molecular complexity index is 1160. The molecule has 7 rings (SSSR count). The molecule has 12 nitrogen and oxygen atoms in total. The van der Waals surface area contributed by atoms with Gasteiger partial charge in [0.25, 0.3) is 0 Å². The molecule has 16 heteroatoms. The summed E-state index contributed by atoms with van der Waals surface area (Å²) < 4.78 is 4.99. The minimum absolute atomic E-state index is 0. The number of piperazine rings is 4. The molecule has 0 aliphatic carbocycles. The van der Waals surface area contributed by atoms with Gasteiger partial charge in [0.2, 0.25) is 11.8 Å². The van der Waals surface area contributed by atoms with Crippen molar-refractivity contribution in [3.63, 3.8) is 0 Å². The van der Waals surface area contributed by atoms with Gasteiger partial charge in [-0.25, -0.2) is 0 Å². The van der Waals surface area contributed by atoms with Crippen LogP contribution in [0.5, 0.6) is 5.88 Å². The first-order valence-corrected chi connectivity index (χ1v) is 17.3. The molecule has 6 saturated heterocycles.